The van der Waals surface area contributed by atoms with Crippen molar-refractivity contribution in [3.63, 3.8) is 0 Å². The number of hydrogen-bond donors (Lipinski definition) is 0. The molecular formula is C26H23ClFNO3. The van der Waals surface area contributed by atoms with Crippen LogP contribution in [0.5, 0.6) is 5.75 Å². The third-order valence-electron chi connectivity index (χ3n) is 5.40. The number of carbonyl (C=O) groups is 1. The maximum atomic E-state index is 13.9. The molecule has 1 unspecified atom stereocenters. The molecule has 1 aliphatic heterocycles. The van der Waals surface area contributed by atoms with Gasteiger partial charge in [0.25, 0.3) is 0 Å². The highest BCUT2D eigenvalue weighted by molar-refractivity contribution is 6.30. The monoisotopic (exact) mass is 451 g/mol. The van der Waals surface area contributed by atoms with Gasteiger partial charge in [0, 0.05) is 17.1 Å². The number of carbonyl (C=O) groups excluding carboxylic acids is 1. The van der Waals surface area contributed by atoms with Gasteiger partial charge in [0.1, 0.15) is 24.8 Å². The second-order valence-corrected chi connectivity index (χ2v) is 7.95. The molecule has 0 fully saturated rings. The van der Waals surface area contributed by atoms with Crippen LogP contribution >= 0.6 is 11.6 Å². The molecule has 164 valence electrons. The van der Waals surface area contributed by atoms with E-state index < -0.39 is 12.1 Å². The molecule has 0 aliphatic carbocycles. The lowest BCUT2D eigenvalue weighted by Crippen LogP contribution is -2.41. The molecule has 3 aromatic carbocycles. The number of halogens is 2. The Morgan fingerprint density at radius 2 is 1.94 bits per heavy atom. The SMILES string of the molecule is C=CCOc1ccc(Cl)cc1C1c2ccc(F)cc2CCN1C(=O)OCc1ccccc1. The second-order valence-electron chi connectivity index (χ2n) is 7.51. The molecule has 6 heteroatoms. The molecule has 1 aliphatic rings. The van der Waals surface area contributed by atoms with E-state index in [2.05, 4.69) is 6.58 Å². The summed E-state index contributed by atoms with van der Waals surface area (Å²) in [5.74, 6) is 0.272. The first-order valence-corrected chi connectivity index (χ1v) is 10.7. The first kappa shape index (κ1) is 21.9. The fourth-order valence-corrected chi connectivity index (χ4v) is 4.12. The first-order chi connectivity index (χ1) is 15.6. The molecule has 1 amide bonds. The van der Waals surface area contributed by atoms with Gasteiger partial charge in [-0.25, -0.2) is 9.18 Å². The Hall–Kier alpha value is -3.31. The molecule has 32 heavy (non-hydrogen) atoms. The summed E-state index contributed by atoms with van der Waals surface area (Å²) in [6.45, 7) is 4.54. The maximum absolute atomic E-state index is 13.9. The van der Waals surface area contributed by atoms with Gasteiger partial charge in [-0.15, -0.1) is 0 Å². The zero-order valence-electron chi connectivity index (χ0n) is 17.5. The van der Waals surface area contributed by atoms with Crippen LogP contribution in [0.3, 0.4) is 0 Å². The fourth-order valence-electron chi connectivity index (χ4n) is 3.94. The molecule has 0 N–H and O–H groups in total. The first-order valence-electron chi connectivity index (χ1n) is 10.4. The van der Waals surface area contributed by atoms with Crippen molar-refractivity contribution in [3.05, 3.63) is 112 Å². The van der Waals surface area contributed by atoms with Crippen molar-refractivity contribution in [1.29, 1.82) is 0 Å². The van der Waals surface area contributed by atoms with E-state index in [1.807, 2.05) is 30.3 Å². The summed E-state index contributed by atoms with van der Waals surface area (Å²) in [6.07, 6.45) is 1.71. The van der Waals surface area contributed by atoms with Crippen LogP contribution in [0.15, 0.2) is 79.4 Å². The van der Waals surface area contributed by atoms with Gasteiger partial charge in [-0.05, 0) is 53.4 Å². The normalized spacial score (nSPS) is 15.1. The minimum atomic E-state index is -0.527. The van der Waals surface area contributed by atoms with Crippen LogP contribution in [0.2, 0.25) is 5.02 Å². The van der Waals surface area contributed by atoms with Crippen LogP contribution in [-0.4, -0.2) is 24.1 Å². The van der Waals surface area contributed by atoms with Gasteiger partial charge < -0.3 is 9.47 Å². The van der Waals surface area contributed by atoms with Crippen LogP contribution in [0.4, 0.5) is 9.18 Å². The highest BCUT2D eigenvalue weighted by Crippen LogP contribution is 2.41. The van der Waals surface area contributed by atoms with Crippen molar-refractivity contribution >= 4 is 17.7 Å². The molecule has 0 aromatic heterocycles. The van der Waals surface area contributed by atoms with Crippen molar-refractivity contribution in [2.75, 3.05) is 13.2 Å². The highest BCUT2D eigenvalue weighted by atomic mass is 35.5. The summed E-state index contributed by atoms with van der Waals surface area (Å²) in [4.78, 5) is 14.8. The van der Waals surface area contributed by atoms with Crippen LogP contribution in [0.1, 0.15) is 28.3 Å². The molecule has 0 radical (unpaired) electrons. The van der Waals surface area contributed by atoms with E-state index in [9.17, 15) is 9.18 Å². The van der Waals surface area contributed by atoms with Gasteiger partial charge in [-0.2, -0.15) is 0 Å². The highest BCUT2D eigenvalue weighted by Gasteiger charge is 2.35. The lowest BCUT2D eigenvalue weighted by molar-refractivity contribution is 0.0832. The lowest BCUT2D eigenvalue weighted by atomic mass is 9.88. The summed E-state index contributed by atoms with van der Waals surface area (Å²) in [7, 11) is 0. The van der Waals surface area contributed by atoms with E-state index in [0.717, 1.165) is 16.7 Å². The summed E-state index contributed by atoms with van der Waals surface area (Å²) in [6, 6.07) is 18.9. The Labute approximate surface area is 191 Å². The van der Waals surface area contributed by atoms with Gasteiger partial charge >= 0.3 is 6.09 Å². The molecule has 4 nitrogen and oxygen atoms in total. The predicted octanol–water partition coefficient (Wildman–Crippen LogP) is 6.33. The smallest absolute Gasteiger partial charge is 0.410 e. The average molecular weight is 452 g/mol. The topological polar surface area (TPSA) is 38.8 Å². The lowest BCUT2D eigenvalue weighted by Gasteiger charge is -2.37. The molecule has 0 bridgehead atoms. The van der Waals surface area contributed by atoms with Crippen molar-refractivity contribution in [2.24, 2.45) is 0 Å². The van der Waals surface area contributed by atoms with E-state index in [-0.39, 0.29) is 12.4 Å². The quantitative estimate of drug-likeness (QED) is 0.411. The molecule has 3 aromatic rings. The Kier molecular flexibility index (Phi) is 6.76. The average Bonchev–Trinajstić information content (AvgIpc) is 2.81. The fraction of sp³-hybridized carbons (Fsp3) is 0.192. The number of nitrogens with zero attached hydrogens (tertiary/aromatic N) is 1. The molecule has 0 spiro atoms. The Morgan fingerprint density at radius 3 is 2.72 bits per heavy atom. The predicted molar refractivity (Wildman–Crippen MR) is 122 cm³/mol. The summed E-state index contributed by atoms with van der Waals surface area (Å²) in [5.41, 5.74) is 3.27. The summed E-state index contributed by atoms with van der Waals surface area (Å²) in [5, 5.41) is 0.512. The van der Waals surface area contributed by atoms with E-state index in [1.165, 1.54) is 12.1 Å². The maximum Gasteiger partial charge on any atom is 0.410 e. The Balaban J connectivity index is 1.72. The van der Waals surface area contributed by atoms with Crippen molar-refractivity contribution in [2.45, 2.75) is 19.1 Å². The zero-order chi connectivity index (χ0) is 22.5. The largest absolute Gasteiger partial charge is 0.489 e. The van der Waals surface area contributed by atoms with Crippen molar-refractivity contribution in [3.8, 4) is 5.75 Å². The number of fused-ring (bicyclic) bond motifs is 1. The molecule has 1 heterocycles. The van der Waals surface area contributed by atoms with Gasteiger partial charge in [0.15, 0.2) is 0 Å². The van der Waals surface area contributed by atoms with Crippen molar-refractivity contribution in [1.82, 2.24) is 4.90 Å². The molecule has 1 atom stereocenters. The zero-order valence-corrected chi connectivity index (χ0v) is 18.2. The minimum Gasteiger partial charge on any atom is -0.489 e. The van der Waals surface area contributed by atoms with E-state index >= 15 is 0 Å². The molecule has 0 saturated carbocycles. The van der Waals surface area contributed by atoms with Gasteiger partial charge in [0.05, 0.1) is 6.04 Å². The van der Waals surface area contributed by atoms with Gasteiger partial charge in [0.2, 0.25) is 0 Å². The summed E-state index contributed by atoms with van der Waals surface area (Å²) >= 11 is 6.32. The van der Waals surface area contributed by atoms with E-state index in [1.54, 1.807) is 35.2 Å². The minimum absolute atomic E-state index is 0.161. The molecular weight excluding hydrogens is 429 g/mol. The van der Waals surface area contributed by atoms with Gasteiger partial charge in [-0.1, -0.05) is 60.7 Å². The third-order valence-corrected chi connectivity index (χ3v) is 5.63. The Morgan fingerprint density at radius 1 is 1.12 bits per heavy atom. The number of benzene rings is 3. The second kappa shape index (κ2) is 9.88. The van der Waals surface area contributed by atoms with Crippen LogP contribution in [0, 0.1) is 5.82 Å². The number of hydrogen-bond acceptors (Lipinski definition) is 3. The standard InChI is InChI=1S/C26H23ClFNO3/c1-2-14-31-24-11-8-20(27)16-23(24)25-22-10-9-21(28)15-19(22)12-13-29(25)26(30)32-17-18-6-4-3-5-7-18/h2-11,15-16,25H,1,12-14,17H2. The van der Waals surface area contributed by atoms with Crippen LogP contribution in [0.25, 0.3) is 0 Å². The van der Waals surface area contributed by atoms with E-state index in [4.69, 9.17) is 21.1 Å². The number of ether oxygens (including phenoxy) is 2. The third kappa shape index (κ3) is 4.78. The van der Waals surface area contributed by atoms with Crippen LogP contribution < -0.4 is 4.74 Å². The Bertz CT molecular complexity index is 1120. The number of amides is 1. The molecule has 0 saturated heterocycles. The summed E-state index contributed by atoms with van der Waals surface area (Å²) < 4.78 is 25.4. The number of rotatable bonds is 6. The van der Waals surface area contributed by atoms with Gasteiger partial charge in [-0.3, -0.25) is 4.90 Å². The van der Waals surface area contributed by atoms with Crippen molar-refractivity contribution < 1.29 is 18.7 Å². The molecule has 4 rings (SSSR count). The van der Waals surface area contributed by atoms with E-state index in [0.29, 0.717) is 35.9 Å². The van der Waals surface area contributed by atoms with Crippen LogP contribution in [-0.2, 0) is 17.8 Å².